The monoisotopic (exact) mass is 418 g/mol. The van der Waals surface area contributed by atoms with E-state index in [1.165, 1.54) is 29.0 Å². The second-order valence-corrected chi connectivity index (χ2v) is 8.95. The summed E-state index contributed by atoms with van der Waals surface area (Å²) in [5, 5.41) is 2.97. The first kappa shape index (κ1) is 19.5. The van der Waals surface area contributed by atoms with E-state index in [9.17, 15) is 17.2 Å². The molecule has 0 bridgehead atoms. The third-order valence-corrected chi connectivity index (χ3v) is 6.81. The fourth-order valence-electron chi connectivity index (χ4n) is 3.62. The molecule has 1 N–H and O–H groups in total. The summed E-state index contributed by atoms with van der Waals surface area (Å²) in [6, 6.07) is 12.9. The predicted molar refractivity (Wildman–Crippen MR) is 105 cm³/mol. The Morgan fingerprint density at radius 3 is 2.52 bits per heavy atom. The van der Waals surface area contributed by atoms with E-state index in [0.717, 1.165) is 11.6 Å². The molecule has 1 aliphatic heterocycles. The van der Waals surface area contributed by atoms with E-state index in [0.29, 0.717) is 0 Å². The quantitative estimate of drug-likeness (QED) is 0.692. The molecule has 0 spiro atoms. The van der Waals surface area contributed by atoms with Crippen LogP contribution in [-0.4, -0.2) is 41.4 Å². The normalized spacial score (nSPS) is 20.1. The first-order valence-electron chi connectivity index (χ1n) is 9.10. The number of nitrogens with zero attached hydrogens (tertiary/aromatic N) is 3. The topological polar surface area (TPSA) is 67.2 Å². The molecule has 2 atom stereocenters. The molecule has 9 heteroatoms. The van der Waals surface area contributed by atoms with Crippen LogP contribution in [-0.2, 0) is 17.1 Å². The largest absolute Gasteiger partial charge is 0.378 e. The number of halogens is 2. The maximum Gasteiger partial charge on any atom is 0.262 e. The SMILES string of the molecule is Cn1cnc(S(=O)(=O)N2CC(Nc3cccc(F)c3F)C(c3ccccc3)C2)c1. The number of rotatable bonds is 5. The summed E-state index contributed by atoms with van der Waals surface area (Å²) in [6.07, 6.45) is 2.87. The van der Waals surface area contributed by atoms with Crippen molar-refractivity contribution < 1.29 is 17.2 Å². The fourth-order valence-corrected chi connectivity index (χ4v) is 5.08. The zero-order valence-corrected chi connectivity index (χ0v) is 16.5. The fraction of sp³-hybridized carbons (Fsp3) is 0.250. The first-order valence-corrected chi connectivity index (χ1v) is 10.5. The summed E-state index contributed by atoms with van der Waals surface area (Å²) in [5.41, 5.74) is 0.925. The molecule has 152 valence electrons. The maximum atomic E-state index is 14.2. The average molecular weight is 418 g/mol. The highest BCUT2D eigenvalue weighted by Gasteiger charge is 2.41. The van der Waals surface area contributed by atoms with Crippen molar-refractivity contribution >= 4 is 15.7 Å². The van der Waals surface area contributed by atoms with Crippen molar-refractivity contribution in [3.63, 3.8) is 0 Å². The van der Waals surface area contributed by atoms with Crippen LogP contribution >= 0.6 is 0 Å². The molecule has 0 aliphatic carbocycles. The van der Waals surface area contributed by atoms with Gasteiger partial charge in [0, 0.05) is 38.3 Å². The van der Waals surface area contributed by atoms with Crippen LogP contribution in [0.15, 0.2) is 66.1 Å². The lowest BCUT2D eigenvalue weighted by Gasteiger charge is -2.21. The Hall–Kier alpha value is -2.78. The van der Waals surface area contributed by atoms with E-state index >= 15 is 0 Å². The Kier molecular flexibility index (Phi) is 5.10. The molecular formula is C20H20F2N4O2S. The van der Waals surface area contributed by atoms with Crippen molar-refractivity contribution in [2.45, 2.75) is 17.0 Å². The summed E-state index contributed by atoms with van der Waals surface area (Å²) in [6.45, 7) is 0.311. The van der Waals surface area contributed by atoms with Gasteiger partial charge >= 0.3 is 0 Å². The first-order chi connectivity index (χ1) is 13.9. The number of benzene rings is 2. The summed E-state index contributed by atoms with van der Waals surface area (Å²) >= 11 is 0. The Balaban J connectivity index is 1.67. The molecule has 6 nitrogen and oxygen atoms in total. The minimum Gasteiger partial charge on any atom is -0.378 e. The van der Waals surface area contributed by atoms with Gasteiger partial charge in [-0.3, -0.25) is 0 Å². The van der Waals surface area contributed by atoms with Gasteiger partial charge in [-0.15, -0.1) is 0 Å². The number of hydrogen-bond acceptors (Lipinski definition) is 4. The minimum atomic E-state index is -3.81. The van der Waals surface area contributed by atoms with Gasteiger partial charge in [0.1, 0.15) is 0 Å². The van der Waals surface area contributed by atoms with Crippen LogP contribution in [0.2, 0.25) is 0 Å². The van der Waals surface area contributed by atoms with E-state index in [1.807, 2.05) is 30.3 Å². The van der Waals surface area contributed by atoms with Crippen LogP contribution in [0.5, 0.6) is 0 Å². The van der Waals surface area contributed by atoms with Crippen molar-refractivity contribution in [3.05, 3.63) is 78.3 Å². The Morgan fingerprint density at radius 1 is 1.07 bits per heavy atom. The molecule has 1 saturated heterocycles. The van der Waals surface area contributed by atoms with Crippen molar-refractivity contribution in [2.24, 2.45) is 7.05 Å². The number of sulfonamides is 1. The van der Waals surface area contributed by atoms with E-state index in [4.69, 9.17) is 0 Å². The molecule has 2 unspecified atom stereocenters. The highest BCUT2D eigenvalue weighted by molar-refractivity contribution is 7.89. The van der Waals surface area contributed by atoms with Crippen LogP contribution in [0, 0.1) is 11.6 Å². The highest BCUT2D eigenvalue weighted by atomic mass is 32.2. The summed E-state index contributed by atoms with van der Waals surface area (Å²) < 4.78 is 56.8. The number of aromatic nitrogens is 2. The van der Waals surface area contributed by atoms with Gasteiger partial charge in [-0.1, -0.05) is 36.4 Å². The van der Waals surface area contributed by atoms with Crippen LogP contribution in [0.3, 0.4) is 0 Å². The van der Waals surface area contributed by atoms with Gasteiger partial charge in [-0.2, -0.15) is 4.31 Å². The molecule has 2 heterocycles. The van der Waals surface area contributed by atoms with E-state index in [2.05, 4.69) is 10.3 Å². The van der Waals surface area contributed by atoms with E-state index in [-0.39, 0.29) is 29.7 Å². The van der Waals surface area contributed by atoms with E-state index in [1.54, 1.807) is 11.6 Å². The minimum absolute atomic E-state index is 0.00742. The molecule has 3 aromatic rings. The van der Waals surface area contributed by atoms with Gasteiger partial charge in [0.15, 0.2) is 16.7 Å². The second kappa shape index (κ2) is 7.57. The summed E-state index contributed by atoms with van der Waals surface area (Å²) in [5.74, 6) is -2.18. The Labute approximate surface area is 167 Å². The zero-order chi connectivity index (χ0) is 20.6. The lowest BCUT2D eigenvalue weighted by molar-refractivity contribution is 0.468. The molecule has 0 radical (unpaired) electrons. The van der Waals surface area contributed by atoms with Gasteiger partial charge in [-0.25, -0.2) is 22.2 Å². The lowest BCUT2D eigenvalue weighted by atomic mass is 9.94. The van der Waals surface area contributed by atoms with Gasteiger partial charge in [0.05, 0.1) is 12.0 Å². The lowest BCUT2D eigenvalue weighted by Crippen LogP contribution is -2.32. The average Bonchev–Trinajstić information content (AvgIpc) is 3.33. The summed E-state index contributed by atoms with van der Waals surface area (Å²) in [7, 11) is -2.11. The maximum absolute atomic E-state index is 14.2. The number of anilines is 1. The van der Waals surface area contributed by atoms with Crippen molar-refractivity contribution in [3.8, 4) is 0 Å². The Bertz CT molecular complexity index is 1120. The van der Waals surface area contributed by atoms with Gasteiger partial charge < -0.3 is 9.88 Å². The van der Waals surface area contributed by atoms with Gasteiger partial charge in [0.25, 0.3) is 10.0 Å². The van der Waals surface area contributed by atoms with Gasteiger partial charge in [-0.05, 0) is 17.7 Å². The molecule has 1 aliphatic rings. The number of aryl methyl sites for hydroxylation is 1. The molecular weight excluding hydrogens is 398 g/mol. The van der Waals surface area contributed by atoms with Gasteiger partial charge in [0.2, 0.25) is 0 Å². The Morgan fingerprint density at radius 2 is 1.83 bits per heavy atom. The second-order valence-electron chi connectivity index (χ2n) is 7.07. The third-order valence-electron chi connectivity index (χ3n) is 5.09. The number of nitrogens with one attached hydrogen (secondary N) is 1. The standard InChI is InChI=1S/C20H20F2N4O2S/c1-25-12-19(23-13-25)29(27,28)26-10-15(14-6-3-2-4-7-14)18(11-26)24-17-9-5-8-16(21)20(17)22/h2-9,12-13,15,18,24H,10-11H2,1H3. The van der Waals surface area contributed by atoms with Crippen molar-refractivity contribution in [1.82, 2.24) is 13.9 Å². The smallest absolute Gasteiger partial charge is 0.262 e. The molecule has 1 fully saturated rings. The number of hydrogen-bond donors (Lipinski definition) is 1. The van der Waals surface area contributed by atoms with Crippen molar-refractivity contribution in [2.75, 3.05) is 18.4 Å². The van der Waals surface area contributed by atoms with Crippen LogP contribution in [0.4, 0.5) is 14.5 Å². The molecule has 2 aromatic carbocycles. The molecule has 29 heavy (non-hydrogen) atoms. The summed E-state index contributed by atoms with van der Waals surface area (Å²) in [4.78, 5) is 3.97. The molecule has 0 saturated carbocycles. The highest BCUT2D eigenvalue weighted by Crippen LogP contribution is 2.33. The predicted octanol–water partition coefficient (Wildman–Crippen LogP) is 2.97. The van der Waals surface area contributed by atoms with Crippen LogP contribution in [0.25, 0.3) is 0 Å². The molecule has 4 rings (SSSR count). The molecule has 1 aromatic heterocycles. The molecule has 0 amide bonds. The van der Waals surface area contributed by atoms with E-state index < -0.39 is 27.7 Å². The third kappa shape index (κ3) is 3.75. The van der Waals surface area contributed by atoms with Crippen LogP contribution in [0.1, 0.15) is 11.5 Å². The van der Waals surface area contributed by atoms with Crippen LogP contribution < -0.4 is 5.32 Å². The zero-order valence-electron chi connectivity index (χ0n) is 15.7. The number of imidazole rings is 1. The van der Waals surface area contributed by atoms with Crippen molar-refractivity contribution in [1.29, 1.82) is 0 Å².